The molecule has 0 saturated carbocycles. The van der Waals surface area contributed by atoms with Crippen LogP contribution in [0.2, 0.25) is 0 Å². The highest BCUT2D eigenvalue weighted by Crippen LogP contribution is 2.27. The number of nitrogens with zero attached hydrogens (tertiary/aromatic N) is 3. The molecule has 30 heavy (non-hydrogen) atoms. The van der Waals surface area contributed by atoms with Crippen molar-refractivity contribution in [2.45, 2.75) is 38.7 Å². The quantitative estimate of drug-likeness (QED) is 0.498. The molecule has 3 heterocycles. The largest absolute Gasteiger partial charge is 0.483 e. The molecule has 12 heteroatoms. The van der Waals surface area contributed by atoms with Crippen LogP contribution in [-0.4, -0.2) is 49.0 Å². The first-order valence-corrected chi connectivity index (χ1v) is 9.11. The molecular formula is C18H20F2N6O4. The van der Waals surface area contributed by atoms with Crippen LogP contribution >= 0.6 is 0 Å². The first-order valence-electron chi connectivity index (χ1n) is 9.11. The number of imidazole rings is 1. The summed E-state index contributed by atoms with van der Waals surface area (Å²) < 4.78 is 35.0. The third kappa shape index (κ3) is 5.07. The molecule has 0 atom stereocenters. The second kappa shape index (κ2) is 8.43. The van der Waals surface area contributed by atoms with E-state index >= 15 is 0 Å². The number of hydrogen-bond acceptors (Lipinski definition) is 6. The van der Waals surface area contributed by atoms with Gasteiger partial charge in [-0.3, -0.25) is 14.6 Å². The molecule has 10 nitrogen and oxygen atoms in total. The normalized spacial score (nSPS) is 11.8. The van der Waals surface area contributed by atoms with Crippen molar-refractivity contribution in [1.29, 1.82) is 0 Å². The van der Waals surface area contributed by atoms with Crippen LogP contribution in [0, 0.1) is 0 Å². The average molecular weight is 422 g/mol. The monoisotopic (exact) mass is 422 g/mol. The molecule has 3 aromatic heterocycles. The number of aromatic amines is 2. The molecule has 1 amide bonds. The Bertz CT molecular complexity index is 1170. The molecule has 3 rings (SSSR count). The van der Waals surface area contributed by atoms with E-state index < -0.39 is 36.1 Å². The minimum Gasteiger partial charge on any atom is -0.483 e. The fourth-order valence-electron chi connectivity index (χ4n) is 2.67. The molecular weight excluding hydrogens is 402 g/mol. The van der Waals surface area contributed by atoms with Crippen LogP contribution in [-0.2, 0) is 4.79 Å². The van der Waals surface area contributed by atoms with E-state index in [9.17, 15) is 23.2 Å². The zero-order valence-corrected chi connectivity index (χ0v) is 16.2. The second-order valence-corrected chi connectivity index (χ2v) is 6.94. The van der Waals surface area contributed by atoms with Gasteiger partial charge < -0.3 is 15.0 Å². The maximum atomic E-state index is 14.2. The Balaban J connectivity index is 1.80. The van der Waals surface area contributed by atoms with Crippen molar-refractivity contribution >= 4 is 11.6 Å². The van der Waals surface area contributed by atoms with E-state index in [0.717, 1.165) is 6.20 Å². The first-order chi connectivity index (χ1) is 14.1. The van der Waals surface area contributed by atoms with Crippen molar-refractivity contribution in [1.82, 2.24) is 29.9 Å². The number of ether oxygens (including phenoxy) is 1. The summed E-state index contributed by atoms with van der Waals surface area (Å²) in [5, 5.41) is 6.73. The molecule has 0 radical (unpaired) electrons. The van der Waals surface area contributed by atoms with Gasteiger partial charge in [-0.05, 0) is 13.8 Å². The molecule has 0 bridgehead atoms. The molecule has 160 valence electrons. The fourth-order valence-corrected chi connectivity index (χ4v) is 2.67. The highest BCUT2D eigenvalue weighted by Gasteiger charge is 2.31. The lowest BCUT2D eigenvalue weighted by atomic mass is 10.2. The summed E-state index contributed by atoms with van der Waals surface area (Å²) in [5.74, 6) is -3.76. The fraction of sp³-hybridized carbons (Fsp3) is 0.389. The molecule has 0 fully saturated rings. The van der Waals surface area contributed by atoms with Crippen molar-refractivity contribution in [2.75, 3.05) is 6.61 Å². The Morgan fingerprint density at radius 3 is 2.83 bits per heavy atom. The van der Waals surface area contributed by atoms with E-state index in [0.29, 0.717) is 0 Å². The van der Waals surface area contributed by atoms with Crippen LogP contribution in [0.5, 0.6) is 5.75 Å². The van der Waals surface area contributed by atoms with Crippen LogP contribution < -0.4 is 21.3 Å². The van der Waals surface area contributed by atoms with E-state index in [2.05, 4.69) is 25.4 Å². The van der Waals surface area contributed by atoms with Gasteiger partial charge in [-0.15, -0.1) is 0 Å². The number of alkyl halides is 2. The van der Waals surface area contributed by atoms with Crippen LogP contribution in [0.1, 0.15) is 26.7 Å². The zero-order chi connectivity index (χ0) is 21.9. The van der Waals surface area contributed by atoms with Crippen LogP contribution in [0.4, 0.5) is 8.78 Å². The number of carbonyl (C=O) groups excluding carboxylic acids is 1. The Morgan fingerprint density at radius 1 is 1.37 bits per heavy atom. The summed E-state index contributed by atoms with van der Waals surface area (Å²) in [6.45, 7) is 2.49. The molecule has 0 aliphatic rings. The standard InChI is InChI=1S/C18H20F2N6O4/c1-10(2)23-14(27)3-4-18(19,20)9-30-13-7-12(25-26-6-5-21-15(13)26)11-8-22-17(29)24-16(11)28/h5-8,10H,3-4,9H2,1-2H3,(H,23,27)(H2,22,24,28,29). The third-order valence-electron chi connectivity index (χ3n) is 4.03. The van der Waals surface area contributed by atoms with E-state index in [1.165, 1.54) is 23.0 Å². The van der Waals surface area contributed by atoms with E-state index in [1.54, 1.807) is 13.8 Å². The van der Waals surface area contributed by atoms with Crippen LogP contribution in [0.3, 0.4) is 0 Å². The van der Waals surface area contributed by atoms with E-state index in [1.807, 2.05) is 0 Å². The lowest BCUT2D eigenvalue weighted by Crippen LogP contribution is -2.33. The van der Waals surface area contributed by atoms with Gasteiger partial charge in [0, 0.05) is 43.5 Å². The molecule has 3 aromatic rings. The molecule has 0 aromatic carbocycles. The predicted molar refractivity (Wildman–Crippen MR) is 103 cm³/mol. The predicted octanol–water partition coefficient (Wildman–Crippen LogP) is 1.09. The Hall–Kier alpha value is -3.57. The number of halogens is 2. The summed E-state index contributed by atoms with van der Waals surface area (Å²) in [7, 11) is 0. The van der Waals surface area contributed by atoms with Gasteiger partial charge in [0.1, 0.15) is 5.69 Å². The number of H-pyrrole nitrogens is 2. The maximum absolute atomic E-state index is 14.2. The van der Waals surface area contributed by atoms with Gasteiger partial charge in [0.15, 0.2) is 18.0 Å². The first kappa shape index (κ1) is 21.1. The average Bonchev–Trinajstić information content (AvgIpc) is 3.13. The van der Waals surface area contributed by atoms with Crippen LogP contribution in [0.25, 0.3) is 16.9 Å². The van der Waals surface area contributed by atoms with Gasteiger partial charge in [-0.1, -0.05) is 0 Å². The van der Waals surface area contributed by atoms with Gasteiger partial charge >= 0.3 is 5.69 Å². The highest BCUT2D eigenvalue weighted by atomic mass is 19.3. The van der Waals surface area contributed by atoms with E-state index in [4.69, 9.17) is 4.74 Å². The molecule has 0 aliphatic heterocycles. The number of hydrogen-bond donors (Lipinski definition) is 3. The summed E-state index contributed by atoms with van der Waals surface area (Å²) in [6.07, 6.45) is 2.98. The number of nitrogens with one attached hydrogen (secondary N) is 3. The Labute approximate surface area is 168 Å². The van der Waals surface area contributed by atoms with E-state index in [-0.39, 0.29) is 35.1 Å². The van der Waals surface area contributed by atoms with Gasteiger partial charge in [0.25, 0.3) is 11.5 Å². The van der Waals surface area contributed by atoms with Crippen molar-refractivity contribution in [3.8, 4) is 17.0 Å². The van der Waals surface area contributed by atoms with Gasteiger partial charge in [0.05, 0.1) is 5.56 Å². The lowest BCUT2D eigenvalue weighted by molar-refractivity contribution is -0.124. The van der Waals surface area contributed by atoms with Crippen molar-refractivity contribution in [3.63, 3.8) is 0 Å². The van der Waals surface area contributed by atoms with Gasteiger partial charge in [-0.2, -0.15) is 5.10 Å². The molecule has 0 aliphatic carbocycles. The SMILES string of the molecule is CC(C)NC(=O)CCC(F)(F)COc1cc(-c2c[nH]c(=O)[nH]c2=O)nn2ccnc12. The summed E-state index contributed by atoms with van der Waals surface area (Å²) in [4.78, 5) is 43.3. The minimum absolute atomic E-state index is 0.0205. The summed E-state index contributed by atoms with van der Waals surface area (Å²) >= 11 is 0. The van der Waals surface area contributed by atoms with Crippen molar-refractivity contribution in [2.24, 2.45) is 0 Å². The summed E-state index contributed by atoms with van der Waals surface area (Å²) in [5.41, 5.74) is -1.10. The lowest BCUT2D eigenvalue weighted by Gasteiger charge is -2.18. The second-order valence-electron chi connectivity index (χ2n) is 6.94. The maximum Gasteiger partial charge on any atom is 0.325 e. The topological polar surface area (TPSA) is 134 Å². The third-order valence-corrected chi connectivity index (χ3v) is 4.03. The smallest absolute Gasteiger partial charge is 0.325 e. The number of aromatic nitrogens is 5. The highest BCUT2D eigenvalue weighted by molar-refractivity contribution is 5.76. The van der Waals surface area contributed by atoms with Gasteiger partial charge in [0.2, 0.25) is 5.91 Å². The number of rotatable bonds is 8. The Morgan fingerprint density at radius 2 is 2.13 bits per heavy atom. The van der Waals surface area contributed by atoms with Crippen molar-refractivity contribution < 1.29 is 18.3 Å². The van der Waals surface area contributed by atoms with Crippen LogP contribution in [0.15, 0.2) is 34.2 Å². The molecule has 3 N–H and O–H groups in total. The minimum atomic E-state index is -3.27. The number of fused-ring (bicyclic) bond motifs is 1. The molecule has 0 unspecified atom stereocenters. The van der Waals surface area contributed by atoms with Crippen molar-refractivity contribution in [3.05, 3.63) is 45.5 Å². The zero-order valence-electron chi connectivity index (χ0n) is 16.2. The molecule has 0 spiro atoms. The number of carbonyl (C=O) groups is 1. The molecule has 0 saturated heterocycles. The summed E-state index contributed by atoms with van der Waals surface area (Å²) in [6, 6.07) is 1.15. The van der Waals surface area contributed by atoms with Gasteiger partial charge in [-0.25, -0.2) is 23.1 Å². The Kier molecular flexibility index (Phi) is 5.94. The number of amides is 1.